The SMILES string of the molecule is c1ccc(-c2ccc(-c3nc(-c4ccc(-c5ccccc5)cc4)nc(-n4c5ccccc5c5ccc6c(c7ccccc7n6-c6ccccc6)c54)n3)cc2)cc1.c1ccc(-c2cccc(-c3nc(-c4ccccc4)nc(-n4c5ccccc5c5ccc6c(c7ccccc7n6-c6ccccc6)c54)n3)c2)cc1. The number of rotatable bonds is 11. The van der Waals surface area contributed by atoms with E-state index in [4.69, 9.17) is 29.9 Å². The number of fused-ring (bicyclic) bond motifs is 14. The van der Waals surface area contributed by atoms with Gasteiger partial charge < -0.3 is 9.13 Å². The van der Waals surface area contributed by atoms with E-state index in [1.807, 2.05) is 36.4 Å². The molecule has 0 saturated carbocycles. The summed E-state index contributed by atoms with van der Waals surface area (Å²) in [4.78, 5) is 31.4. The summed E-state index contributed by atoms with van der Waals surface area (Å²) >= 11 is 0. The van der Waals surface area contributed by atoms with E-state index in [0.717, 1.165) is 132 Å². The summed E-state index contributed by atoms with van der Waals surface area (Å²) in [5.74, 6) is 3.62. The van der Waals surface area contributed by atoms with Crippen molar-refractivity contribution in [2.24, 2.45) is 0 Å². The van der Waals surface area contributed by atoms with Crippen molar-refractivity contribution >= 4 is 87.2 Å². The molecule has 0 radical (unpaired) electrons. The fourth-order valence-corrected chi connectivity index (χ4v) is 15.5. The predicted molar refractivity (Wildman–Crippen MR) is 435 cm³/mol. The first kappa shape index (κ1) is 61.4. The molecule has 15 aromatic carbocycles. The van der Waals surface area contributed by atoms with Crippen molar-refractivity contribution in [3.63, 3.8) is 0 Å². The van der Waals surface area contributed by atoms with Crippen LogP contribution in [0, 0.1) is 0 Å². The molecule has 0 N–H and O–H groups in total. The highest BCUT2D eigenvalue weighted by Crippen LogP contribution is 2.45. The highest BCUT2D eigenvalue weighted by Gasteiger charge is 2.26. The van der Waals surface area contributed by atoms with Gasteiger partial charge in [-0.05, 0) is 100 Å². The average molecular weight is 1360 g/mol. The molecule has 10 heteroatoms. The minimum atomic E-state index is 0.569. The van der Waals surface area contributed by atoms with Crippen LogP contribution in [0.25, 0.3) is 189 Å². The Balaban J connectivity index is 0.000000141. The molecule has 0 aliphatic carbocycles. The van der Waals surface area contributed by atoms with Crippen LogP contribution in [0.15, 0.2) is 376 Å². The van der Waals surface area contributed by atoms with Crippen molar-refractivity contribution in [2.45, 2.75) is 0 Å². The zero-order valence-electron chi connectivity index (χ0n) is 57.3. The Morgan fingerprint density at radius 3 is 0.830 bits per heavy atom. The fraction of sp³-hybridized carbons (Fsp3) is 0. The molecule has 10 nitrogen and oxygen atoms in total. The molecule has 0 unspecified atom stereocenters. The molecule has 0 spiro atoms. The van der Waals surface area contributed by atoms with Crippen LogP contribution in [-0.2, 0) is 0 Å². The first-order chi connectivity index (χ1) is 52.6. The van der Waals surface area contributed by atoms with Crippen LogP contribution in [0.3, 0.4) is 0 Å². The van der Waals surface area contributed by atoms with Crippen LogP contribution in [0.1, 0.15) is 0 Å². The molecule has 0 fully saturated rings. The Morgan fingerprint density at radius 1 is 0.160 bits per heavy atom. The minimum Gasteiger partial charge on any atom is -0.309 e. The van der Waals surface area contributed by atoms with Crippen molar-refractivity contribution in [1.29, 1.82) is 0 Å². The number of benzene rings is 15. The van der Waals surface area contributed by atoms with Gasteiger partial charge in [0, 0.05) is 76.7 Å². The largest absolute Gasteiger partial charge is 0.309 e. The Labute approximate surface area is 610 Å². The maximum atomic E-state index is 5.33. The van der Waals surface area contributed by atoms with Crippen LogP contribution >= 0.6 is 0 Å². The molecule has 21 rings (SSSR count). The van der Waals surface area contributed by atoms with Gasteiger partial charge in [-0.25, -0.2) is 9.97 Å². The van der Waals surface area contributed by atoms with Crippen molar-refractivity contribution < 1.29 is 0 Å². The zero-order valence-corrected chi connectivity index (χ0v) is 57.3. The van der Waals surface area contributed by atoms with Crippen molar-refractivity contribution in [1.82, 2.24) is 48.2 Å². The Kier molecular flexibility index (Phi) is 15.0. The van der Waals surface area contributed by atoms with Gasteiger partial charge in [0.15, 0.2) is 23.3 Å². The van der Waals surface area contributed by atoms with E-state index in [2.05, 4.69) is 358 Å². The third-order valence-electron chi connectivity index (χ3n) is 20.4. The second kappa shape index (κ2) is 25.8. The summed E-state index contributed by atoms with van der Waals surface area (Å²) in [5.41, 5.74) is 21.6. The summed E-state index contributed by atoms with van der Waals surface area (Å²) in [6.07, 6.45) is 0. The van der Waals surface area contributed by atoms with Crippen LogP contribution in [0.4, 0.5) is 0 Å². The summed E-state index contributed by atoms with van der Waals surface area (Å²) in [5, 5.41) is 9.25. The number of para-hydroxylation sites is 6. The van der Waals surface area contributed by atoms with E-state index in [1.165, 1.54) is 21.9 Å². The smallest absolute Gasteiger partial charge is 0.238 e. The van der Waals surface area contributed by atoms with Crippen LogP contribution in [0.5, 0.6) is 0 Å². The molecular weight excluding hydrogens is 1290 g/mol. The zero-order chi connectivity index (χ0) is 70.0. The van der Waals surface area contributed by atoms with Gasteiger partial charge in [0.2, 0.25) is 11.9 Å². The molecule has 106 heavy (non-hydrogen) atoms. The molecule has 6 aromatic heterocycles. The normalized spacial score (nSPS) is 11.6. The summed E-state index contributed by atoms with van der Waals surface area (Å²) in [6, 6.07) is 132. The van der Waals surface area contributed by atoms with Crippen LogP contribution in [0.2, 0.25) is 0 Å². The Morgan fingerprint density at radius 2 is 0.434 bits per heavy atom. The fourth-order valence-electron chi connectivity index (χ4n) is 15.5. The highest BCUT2D eigenvalue weighted by molar-refractivity contribution is 6.27. The van der Waals surface area contributed by atoms with E-state index in [1.54, 1.807) is 0 Å². The Hall–Kier alpha value is -14.5. The summed E-state index contributed by atoms with van der Waals surface area (Å²) < 4.78 is 9.21. The first-order valence-corrected chi connectivity index (χ1v) is 35.7. The average Bonchev–Trinajstić information content (AvgIpc) is 1.55. The Bertz CT molecular complexity index is 6790. The van der Waals surface area contributed by atoms with Gasteiger partial charge in [-0.2, -0.15) is 19.9 Å². The number of hydrogen-bond acceptors (Lipinski definition) is 6. The standard InChI is InChI=1S/C51H33N5.C45H29N5/c1-4-14-34(15-5-1)36-24-28-38(29-25-36)49-52-50(39-30-26-37(27-31-39)35-16-6-2-7-17-35)54-51(53-49)56-44-22-12-10-20-41(44)42-32-33-46-47(48(42)56)43-21-11-13-23-45(43)55(46)40-18-8-3-9-19-40;1-4-15-30(16-5-1)32-19-14-20-33(29-32)44-46-43(31-17-6-2-7-18-31)47-45(48-44)50-38-25-12-10-23-35(38)36-27-28-40-41(42(36)50)37-24-11-13-26-39(37)49(40)34-21-8-3-9-22-34/h1-33H;1-29H. The molecule has 0 amide bonds. The van der Waals surface area contributed by atoms with Crippen LogP contribution < -0.4 is 0 Å². The third kappa shape index (κ3) is 10.6. The van der Waals surface area contributed by atoms with Gasteiger partial charge in [0.1, 0.15) is 0 Å². The van der Waals surface area contributed by atoms with E-state index in [-0.39, 0.29) is 0 Å². The predicted octanol–water partition coefficient (Wildman–Crippen LogP) is 23.8. The van der Waals surface area contributed by atoms with Gasteiger partial charge in [0.05, 0.1) is 44.1 Å². The number of nitrogens with zero attached hydrogens (tertiary/aromatic N) is 10. The molecule has 0 aliphatic rings. The topological polar surface area (TPSA) is 97.1 Å². The van der Waals surface area contributed by atoms with Gasteiger partial charge in [-0.15, -0.1) is 0 Å². The summed E-state index contributed by atoms with van der Waals surface area (Å²) in [7, 11) is 0. The van der Waals surface area contributed by atoms with Crippen molar-refractivity contribution in [3.05, 3.63) is 376 Å². The van der Waals surface area contributed by atoms with Crippen molar-refractivity contribution in [3.8, 4) is 102 Å². The highest BCUT2D eigenvalue weighted by atomic mass is 15.2. The van der Waals surface area contributed by atoms with Gasteiger partial charge in [-0.1, -0.05) is 309 Å². The molecule has 0 atom stereocenters. The molecule has 0 bridgehead atoms. The van der Waals surface area contributed by atoms with E-state index < -0.39 is 0 Å². The van der Waals surface area contributed by atoms with Crippen molar-refractivity contribution in [2.75, 3.05) is 0 Å². The number of aromatic nitrogens is 10. The van der Waals surface area contributed by atoms with E-state index in [0.29, 0.717) is 35.2 Å². The second-order valence-corrected chi connectivity index (χ2v) is 26.6. The lowest BCUT2D eigenvalue weighted by Gasteiger charge is -2.12. The van der Waals surface area contributed by atoms with E-state index >= 15 is 0 Å². The number of hydrogen-bond donors (Lipinski definition) is 0. The first-order valence-electron chi connectivity index (χ1n) is 35.7. The van der Waals surface area contributed by atoms with Gasteiger partial charge >= 0.3 is 0 Å². The van der Waals surface area contributed by atoms with Gasteiger partial charge in [0.25, 0.3) is 0 Å². The maximum absolute atomic E-state index is 5.33. The van der Waals surface area contributed by atoms with Gasteiger partial charge in [-0.3, -0.25) is 9.13 Å². The molecule has 0 aliphatic heterocycles. The molecule has 0 saturated heterocycles. The lowest BCUT2D eigenvalue weighted by Crippen LogP contribution is -2.06. The lowest BCUT2D eigenvalue weighted by molar-refractivity contribution is 0.955. The molecule has 496 valence electrons. The molecule has 21 aromatic rings. The monoisotopic (exact) mass is 1350 g/mol. The second-order valence-electron chi connectivity index (χ2n) is 26.6. The maximum Gasteiger partial charge on any atom is 0.238 e. The summed E-state index contributed by atoms with van der Waals surface area (Å²) in [6.45, 7) is 0. The third-order valence-corrected chi connectivity index (χ3v) is 20.4. The molecule has 6 heterocycles. The molecular formula is C96H62N10. The lowest BCUT2D eigenvalue weighted by atomic mass is 10.0. The van der Waals surface area contributed by atoms with Crippen LogP contribution in [-0.4, -0.2) is 48.2 Å². The minimum absolute atomic E-state index is 0.569. The quantitative estimate of drug-likeness (QED) is 0.128. The van der Waals surface area contributed by atoms with E-state index in [9.17, 15) is 0 Å².